The lowest BCUT2D eigenvalue weighted by atomic mass is 9.97. The quantitative estimate of drug-likeness (QED) is 0.378. The van der Waals surface area contributed by atoms with Gasteiger partial charge in [0.15, 0.2) is 0 Å². The molecule has 0 aliphatic heterocycles. The predicted molar refractivity (Wildman–Crippen MR) is 126 cm³/mol. The number of rotatable bonds is 7. The summed E-state index contributed by atoms with van der Waals surface area (Å²) in [6.45, 7) is 4.10. The molecule has 7 heteroatoms. The number of benzene rings is 2. The number of anilines is 4. The van der Waals surface area contributed by atoms with Crippen molar-refractivity contribution < 1.29 is 13.2 Å². The topological polar surface area (TPSA) is 49.8 Å². The highest BCUT2D eigenvalue weighted by atomic mass is 19.4. The van der Waals surface area contributed by atoms with E-state index in [1.807, 2.05) is 38.1 Å². The first-order valence-electron chi connectivity index (χ1n) is 11.5. The number of aromatic nitrogens is 2. The van der Waals surface area contributed by atoms with Gasteiger partial charge in [-0.1, -0.05) is 57.0 Å². The van der Waals surface area contributed by atoms with Gasteiger partial charge in [-0.05, 0) is 60.4 Å². The third-order valence-corrected chi connectivity index (χ3v) is 6.44. The highest BCUT2D eigenvalue weighted by Crippen LogP contribution is 2.37. The van der Waals surface area contributed by atoms with E-state index in [1.54, 1.807) is 12.1 Å². The Balaban J connectivity index is 1.61. The van der Waals surface area contributed by atoms with E-state index in [4.69, 9.17) is 0 Å². The lowest BCUT2D eigenvalue weighted by Gasteiger charge is -2.19. The van der Waals surface area contributed by atoms with Crippen LogP contribution in [-0.4, -0.2) is 9.97 Å². The molecule has 1 fully saturated rings. The SMILES string of the molecule is CCC(C)c1ccccc1Nc1nc(Nc2ccc(C3CCCC3)cc2)ncc1C(F)(F)F. The van der Waals surface area contributed by atoms with Crippen LogP contribution in [0.4, 0.5) is 36.3 Å². The third-order valence-electron chi connectivity index (χ3n) is 6.44. The second-order valence-electron chi connectivity index (χ2n) is 8.70. The van der Waals surface area contributed by atoms with Crippen LogP contribution in [0.3, 0.4) is 0 Å². The first-order valence-corrected chi connectivity index (χ1v) is 11.5. The van der Waals surface area contributed by atoms with Crippen molar-refractivity contribution in [2.45, 2.75) is 64.0 Å². The van der Waals surface area contributed by atoms with Crippen LogP contribution in [0.1, 0.15) is 74.5 Å². The maximum absolute atomic E-state index is 13.7. The number of hydrogen-bond acceptors (Lipinski definition) is 4. The van der Waals surface area contributed by atoms with Crippen molar-refractivity contribution in [2.24, 2.45) is 0 Å². The average molecular weight is 455 g/mol. The van der Waals surface area contributed by atoms with Gasteiger partial charge in [-0.25, -0.2) is 4.98 Å². The van der Waals surface area contributed by atoms with E-state index >= 15 is 0 Å². The normalized spacial score (nSPS) is 15.4. The zero-order valence-electron chi connectivity index (χ0n) is 18.9. The Morgan fingerprint density at radius 1 is 1.00 bits per heavy atom. The van der Waals surface area contributed by atoms with Crippen LogP contribution >= 0.6 is 0 Å². The van der Waals surface area contributed by atoms with E-state index in [1.165, 1.54) is 31.2 Å². The Morgan fingerprint density at radius 3 is 2.36 bits per heavy atom. The smallest absolute Gasteiger partial charge is 0.339 e. The maximum Gasteiger partial charge on any atom is 0.421 e. The molecule has 0 radical (unpaired) electrons. The van der Waals surface area contributed by atoms with Crippen molar-refractivity contribution in [3.63, 3.8) is 0 Å². The molecule has 2 N–H and O–H groups in total. The zero-order valence-corrected chi connectivity index (χ0v) is 18.9. The molecule has 33 heavy (non-hydrogen) atoms. The van der Waals surface area contributed by atoms with Crippen LogP contribution in [0, 0.1) is 0 Å². The molecule has 1 heterocycles. The lowest BCUT2D eigenvalue weighted by Crippen LogP contribution is -2.13. The number of halogens is 3. The summed E-state index contributed by atoms with van der Waals surface area (Å²) in [5.41, 5.74) is 2.70. The summed E-state index contributed by atoms with van der Waals surface area (Å²) in [6, 6.07) is 15.4. The fraction of sp³-hybridized carbons (Fsp3) is 0.385. The monoisotopic (exact) mass is 454 g/mol. The molecule has 1 saturated carbocycles. The Labute approximate surface area is 192 Å². The van der Waals surface area contributed by atoms with Crippen LogP contribution < -0.4 is 10.6 Å². The van der Waals surface area contributed by atoms with Crippen LogP contribution in [0.15, 0.2) is 54.7 Å². The van der Waals surface area contributed by atoms with Gasteiger partial charge in [-0.3, -0.25) is 0 Å². The third kappa shape index (κ3) is 5.46. The van der Waals surface area contributed by atoms with Crippen molar-refractivity contribution in [1.82, 2.24) is 9.97 Å². The Morgan fingerprint density at radius 2 is 1.70 bits per heavy atom. The lowest BCUT2D eigenvalue weighted by molar-refractivity contribution is -0.137. The van der Waals surface area contributed by atoms with E-state index < -0.39 is 11.7 Å². The maximum atomic E-state index is 13.7. The van der Waals surface area contributed by atoms with E-state index in [2.05, 4.69) is 32.7 Å². The first kappa shape index (κ1) is 23.1. The van der Waals surface area contributed by atoms with Crippen molar-refractivity contribution in [3.8, 4) is 0 Å². The molecule has 1 aliphatic rings. The summed E-state index contributed by atoms with van der Waals surface area (Å²) in [4.78, 5) is 8.14. The fourth-order valence-electron chi connectivity index (χ4n) is 4.36. The molecule has 4 rings (SSSR count). The predicted octanol–water partition coefficient (Wildman–Crippen LogP) is 8.15. The average Bonchev–Trinajstić information content (AvgIpc) is 3.34. The van der Waals surface area contributed by atoms with Crippen LogP contribution in [0.5, 0.6) is 0 Å². The molecule has 0 spiro atoms. The molecular formula is C26H29F3N4. The molecule has 0 bridgehead atoms. The van der Waals surface area contributed by atoms with Crippen molar-refractivity contribution in [2.75, 3.05) is 10.6 Å². The molecule has 0 saturated heterocycles. The Kier molecular flexibility index (Phi) is 6.86. The second-order valence-corrected chi connectivity index (χ2v) is 8.70. The van der Waals surface area contributed by atoms with Gasteiger partial charge >= 0.3 is 6.18 Å². The number of nitrogens with zero attached hydrogens (tertiary/aromatic N) is 2. The minimum atomic E-state index is -4.57. The van der Waals surface area contributed by atoms with Crippen LogP contribution in [-0.2, 0) is 6.18 Å². The number of hydrogen-bond donors (Lipinski definition) is 2. The molecule has 1 aromatic heterocycles. The van der Waals surface area contributed by atoms with Crippen molar-refractivity contribution in [1.29, 1.82) is 0 Å². The second kappa shape index (κ2) is 9.81. The summed E-state index contributed by atoms with van der Waals surface area (Å²) in [5.74, 6) is 0.641. The molecule has 0 amide bonds. The zero-order chi connectivity index (χ0) is 23.4. The van der Waals surface area contributed by atoms with E-state index in [0.29, 0.717) is 11.6 Å². The minimum absolute atomic E-state index is 0.111. The molecule has 3 aromatic rings. The minimum Gasteiger partial charge on any atom is -0.339 e. The summed E-state index contributed by atoms with van der Waals surface area (Å²) < 4.78 is 41.1. The number of alkyl halides is 3. The van der Waals surface area contributed by atoms with Gasteiger partial charge in [-0.2, -0.15) is 18.2 Å². The molecule has 1 unspecified atom stereocenters. The molecule has 1 aliphatic carbocycles. The van der Waals surface area contributed by atoms with Crippen molar-refractivity contribution in [3.05, 3.63) is 71.4 Å². The standard InChI is InChI=1S/C26H29F3N4/c1-3-17(2)21-10-6-7-11-23(21)32-24-22(26(27,28)29)16-30-25(33-24)31-20-14-12-19(13-15-20)18-8-4-5-9-18/h6-7,10-18H,3-5,8-9H2,1-2H3,(H2,30,31,32,33). The van der Waals surface area contributed by atoms with E-state index in [9.17, 15) is 13.2 Å². The van der Waals surface area contributed by atoms with Gasteiger partial charge in [0.25, 0.3) is 0 Å². The summed E-state index contributed by atoms with van der Waals surface area (Å²) in [5, 5.41) is 5.97. The summed E-state index contributed by atoms with van der Waals surface area (Å²) in [7, 11) is 0. The van der Waals surface area contributed by atoms with E-state index in [-0.39, 0.29) is 17.7 Å². The summed E-state index contributed by atoms with van der Waals surface area (Å²) >= 11 is 0. The molecule has 174 valence electrons. The van der Waals surface area contributed by atoms with Crippen LogP contribution in [0.25, 0.3) is 0 Å². The molecule has 4 nitrogen and oxygen atoms in total. The van der Waals surface area contributed by atoms with Crippen LogP contribution in [0.2, 0.25) is 0 Å². The fourth-order valence-corrected chi connectivity index (χ4v) is 4.36. The molecular weight excluding hydrogens is 425 g/mol. The Bertz CT molecular complexity index is 1070. The van der Waals surface area contributed by atoms with Crippen molar-refractivity contribution >= 4 is 23.1 Å². The van der Waals surface area contributed by atoms with Gasteiger partial charge < -0.3 is 10.6 Å². The molecule has 2 aromatic carbocycles. The van der Waals surface area contributed by atoms with Gasteiger partial charge in [0.1, 0.15) is 11.4 Å². The first-order chi connectivity index (χ1) is 15.8. The van der Waals surface area contributed by atoms with Gasteiger partial charge in [-0.15, -0.1) is 0 Å². The number of para-hydroxylation sites is 1. The molecule has 1 atom stereocenters. The number of nitrogens with one attached hydrogen (secondary N) is 2. The highest BCUT2D eigenvalue weighted by Gasteiger charge is 2.35. The Hall–Kier alpha value is -3.09. The van der Waals surface area contributed by atoms with Gasteiger partial charge in [0, 0.05) is 17.6 Å². The largest absolute Gasteiger partial charge is 0.421 e. The van der Waals surface area contributed by atoms with Gasteiger partial charge in [0.2, 0.25) is 5.95 Å². The van der Waals surface area contributed by atoms with Gasteiger partial charge in [0.05, 0.1) is 0 Å². The highest BCUT2D eigenvalue weighted by molar-refractivity contribution is 5.66. The summed E-state index contributed by atoms with van der Waals surface area (Å²) in [6.07, 6.45) is 2.08. The van der Waals surface area contributed by atoms with E-state index in [0.717, 1.165) is 23.9 Å².